The Kier molecular flexibility index (Phi) is 30.1. The quantitative estimate of drug-likeness (QED) is 0.0143. The number of carboxylic acid groups (broad SMARTS) is 3. The molecule has 514 valence electrons. The molecular formula is C57H84N20O17. The van der Waals surface area contributed by atoms with E-state index in [1.165, 1.54) is 30.5 Å². The van der Waals surface area contributed by atoms with Crippen LogP contribution in [0.25, 0.3) is 10.9 Å². The Morgan fingerprint density at radius 1 is 0.596 bits per heavy atom. The molecule has 2 aromatic carbocycles. The SMILES string of the molecule is C[C@@H](O)[C@H](NC(=O)[C@H](CC(=O)O)NC(=O)[C@H](Cc1c[nH]c2ccccc12)NC(=O)CNC(=O)[C@H](CCCN=C(N)N)NC(=O)[C@H](CCCN=C(N)N)NC(=O)[C@@H]1CCCN1C(=O)[C@@H](N)CC(=O)O)C(=O)N[C@@H](CCCN=C(N)N)C(=O)N[C@@H](Cc1ccc(O)cc1)C(=O)O. The summed E-state index contributed by atoms with van der Waals surface area (Å²) in [7, 11) is 0. The Hall–Kier alpha value is -10.9. The van der Waals surface area contributed by atoms with Crippen LogP contribution in [0.4, 0.5) is 0 Å². The number of nitrogens with two attached hydrogens (primary N) is 7. The van der Waals surface area contributed by atoms with Crippen molar-refractivity contribution in [1.82, 2.24) is 52.4 Å². The normalized spacial score (nSPS) is 15.4. The number of nitrogens with one attached hydrogen (secondary N) is 9. The zero-order chi connectivity index (χ0) is 69.8. The van der Waals surface area contributed by atoms with Gasteiger partial charge in [-0.15, -0.1) is 0 Å². The Balaban J connectivity index is 1.58. The monoisotopic (exact) mass is 1320 g/mol. The van der Waals surface area contributed by atoms with Crippen LogP contribution in [0.15, 0.2) is 69.7 Å². The van der Waals surface area contributed by atoms with Crippen LogP contribution in [0.1, 0.15) is 82.3 Å². The van der Waals surface area contributed by atoms with Crippen molar-refractivity contribution in [3.05, 3.63) is 65.9 Å². The molecule has 0 aliphatic carbocycles. The van der Waals surface area contributed by atoms with Crippen molar-refractivity contribution in [3.8, 4) is 5.75 Å². The zero-order valence-corrected chi connectivity index (χ0v) is 51.5. The lowest BCUT2D eigenvalue weighted by Gasteiger charge is -2.28. The molecule has 1 aliphatic heterocycles. The predicted octanol–water partition coefficient (Wildman–Crippen LogP) is -6.94. The topological polar surface area (TPSA) is 640 Å². The van der Waals surface area contributed by atoms with Crippen LogP contribution < -0.4 is 82.7 Å². The van der Waals surface area contributed by atoms with Gasteiger partial charge in [0, 0.05) is 56.1 Å². The van der Waals surface area contributed by atoms with Crippen LogP contribution >= 0.6 is 0 Å². The molecule has 4 rings (SSSR count). The minimum atomic E-state index is -2.05. The van der Waals surface area contributed by atoms with Gasteiger partial charge in [0.25, 0.3) is 0 Å². The number of hydrogen-bond acceptors (Lipinski definition) is 18. The molecule has 0 bridgehead atoms. The molecule has 94 heavy (non-hydrogen) atoms. The first-order valence-corrected chi connectivity index (χ1v) is 29.7. The standard InChI is InChI=1S/C57H84N20O17/c1-28(78)45(52(91)73-37(12-6-20-67-57(63)64)48(87)75-40(54(93)94)22-29-14-16-31(79)17-15-29)76-50(89)39(25-44(83)84)74-49(88)38(23-30-26-68-34-9-3-2-8-32(30)34)70-42(80)27-69-46(85)35(10-4-18-65-55(59)60)71-47(86)36(11-5-19-66-56(61)62)72-51(90)41-13-7-21-77(41)53(92)33(58)24-43(81)82/h2-3,8-9,14-17,26,28,33,35-41,45,68,78-79H,4-7,10-13,18-25,27,58H2,1H3,(H,69,85)(H,70,80)(H,71,86)(H,72,90)(H,73,91)(H,74,88)(H,75,87)(H,76,89)(H,81,82)(H,83,84)(H,93,94)(H4,59,60,65)(H4,61,62,66)(H4,63,64,67)/t28-,33+,35+,36+,37+,38+,39+,40+,41+,45+/m1/s1. The van der Waals surface area contributed by atoms with E-state index in [4.69, 9.17) is 40.1 Å². The highest BCUT2D eigenvalue weighted by atomic mass is 16.4. The molecule has 37 heteroatoms. The van der Waals surface area contributed by atoms with Crippen molar-refractivity contribution in [2.24, 2.45) is 55.1 Å². The van der Waals surface area contributed by atoms with E-state index in [9.17, 15) is 83.1 Å². The van der Waals surface area contributed by atoms with Crippen LogP contribution in [-0.2, 0) is 70.4 Å². The van der Waals surface area contributed by atoms with Gasteiger partial charge in [-0.05, 0) is 87.6 Å². The van der Waals surface area contributed by atoms with Crippen molar-refractivity contribution in [2.45, 2.75) is 144 Å². The zero-order valence-electron chi connectivity index (χ0n) is 51.5. The maximum atomic E-state index is 14.5. The van der Waals surface area contributed by atoms with Gasteiger partial charge in [-0.1, -0.05) is 30.3 Å². The highest BCUT2D eigenvalue weighted by molar-refractivity contribution is 5.99. The van der Waals surface area contributed by atoms with Gasteiger partial charge in [0.1, 0.15) is 54.1 Å². The average molecular weight is 1320 g/mol. The Morgan fingerprint density at radius 3 is 1.64 bits per heavy atom. The van der Waals surface area contributed by atoms with Crippen molar-refractivity contribution in [3.63, 3.8) is 0 Å². The number of aromatic amines is 1. The number of carboxylic acids is 3. The fourth-order valence-corrected chi connectivity index (χ4v) is 9.83. The molecular weight excluding hydrogens is 1240 g/mol. The maximum absolute atomic E-state index is 14.5. The number of fused-ring (bicyclic) bond motifs is 1. The predicted molar refractivity (Wildman–Crippen MR) is 337 cm³/mol. The Labute approximate surface area is 537 Å². The minimum Gasteiger partial charge on any atom is -0.508 e. The molecule has 1 aromatic heterocycles. The number of aliphatic imine (C=N–C) groups is 3. The number of rotatable bonds is 39. The number of guanidine groups is 3. The second-order valence-corrected chi connectivity index (χ2v) is 22.0. The first-order valence-electron chi connectivity index (χ1n) is 29.7. The molecule has 28 N–H and O–H groups in total. The molecule has 0 radical (unpaired) electrons. The third-order valence-electron chi connectivity index (χ3n) is 14.5. The average Bonchev–Trinajstić information content (AvgIpc) is 1.64. The molecule has 0 saturated carbocycles. The van der Waals surface area contributed by atoms with Crippen molar-refractivity contribution in [2.75, 3.05) is 32.7 Å². The van der Waals surface area contributed by atoms with Gasteiger partial charge in [0.15, 0.2) is 17.9 Å². The molecule has 37 nitrogen and oxygen atoms in total. The van der Waals surface area contributed by atoms with E-state index in [-0.39, 0.29) is 108 Å². The number of phenolic OH excluding ortho intramolecular Hbond substituents is 1. The number of benzene rings is 2. The third-order valence-corrected chi connectivity index (χ3v) is 14.5. The van der Waals surface area contributed by atoms with E-state index in [2.05, 4.69) is 62.5 Å². The number of carbonyl (C=O) groups is 12. The molecule has 2 heterocycles. The number of phenols is 1. The lowest BCUT2D eigenvalue weighted by atomic mass is 10.0. The summed E-state index contributed by atoms with van der Waals surface area (Å²) >= 11 is 0. The number of aromatic hydroxyl groups is 1. The smallest absolute Gasteiger partial charge is 0.326 e. The van der Waals surface area contributed by atoms with E-state index >= 15 is 0 Å². The van der Waals surface area contributed by atoms with E-state index < -0.39 is 151 Å². The number of H-pyrrole nitrogens is 1. The highest BCUT2D eigenvalue weighted by Gasteiger charge is 2.40. The van der Waals surface area contributed by atoms with Gasteiger partial charge in [0.2, 0.25) is 53.2 Å². The number of carbonyl (C=O) groups excluding carboxylic acids is 9. The lowest BCUT2D eigenvalue weighted by molar-refractivity contribution is -0.144. The largest absolute Gasteiger partial charge is 0.508 e. The summed E-state index contributed by atoms with van der Waals surface area (Å²) in [5, 5.41) is 69.6. The number of aromatic nitrogens is 1. The van der Waals surface area contributed by atoms with E-state index in [0.717, 1.165) is 11.8 Å². The van der Waals surface area contributed by atoms with Crippen LogP contribution in [0.5, 0.6) is 5.75 Å². The van der Waals surface area contributed by atoms with E-state index in [1.54, 1.807) is 24.3 Å². The van der Waals surface area contributed by atoms with Crippen molar-refractivity contribution in [1.29, 1.82) is 0 Å². The van der Waals surface area contributed by atoms with Gasteiger partial charge in [-0.3, -0.25) is 67.7 Å². The number of nitrogens with zero attached hydrogens (tertiary/aromatic N) is 4. The minimum absolute atomic E-state index is 0.00709. The van der Waals surface area contributed by atoms with Crippen LogP contribution in [-0.4, -0.2) is 218 Å². The molecule has 0 spiro atoms. The fraction of sp³-hybridized carbons (Fsp3) is 0.491. The molecule has 1 aliphatic rings. The van der Waals surface area contributed by atoms with Crippen LogP contribution in [0, 0.1) is 0 Å². The van der Waals surface area contributed by atoms with E-state index in [0.29, 0.717) is 28.5 Å². The van der Waals surface area contributed by atoms with Gasteiger partial charge < -0.3 is 118 Å². The summed E-state index contributed by atoms with van der Waals surface area (Å²) in [6.45, 7) is 0.120. The summed E-state index contributed by atoms with van der Waals surface area (Å²) in [5.41, 5.74) is 40.1. The number of amides is 9. The Morgan fingerprint density at radius 2 is 1.10 bits per heavy atom. The molecule has 9 amide bonds. The summed E-state index contributed by atoms with van der Waals surface area (Å²) in [5.74, 6) is -14.7. The summed E-state index contributed by atoms with van der Waals surface area (Å²) in [6.07, 6.45) is -2.65. The summed E-state index contributed by atoms with van der Waals surface area (Å²) in [6, 6.07) is -2.12. The number of hydrogen-bond donors (Lipinski definition) is 21. The second-order valence-electron chi connectivity index (χ2n) is 22.0. The lowest BCUT2D eigenvalue weighted by Crippen LogP contribution is -2.61. The number of aliphatic hydroxyl groups is 1. The molecule has 0 unspecified atom stereocenters. The van der Waals surface area contributed by atoms with Gasteiger partial charge >= 0.3 is 17.9 Å². The van der Waals surface area contributed by atoms with Gasteiger partial charge in [0.05, 0.1) is 31.5 Å². The van der Waals surface area contributed by atoms with Gasteiger partial charge in [-0.2, -0.15) is 0 Å². The number of para-hydroxylation sites is 1. The van der Waals surface area contributed by atoms with Crippen molar-refractivity contribution < 1.29 is 83.1 Å². The third kappa shape index (κ3) is 25.4. The second kappa shape index (κ2) is 37.5. The molecule has 10 atom stereocenters. The van der Waals surface area contributed by atoms with Crippen LogP contribution in [0.3, 0.4) is 0 Å². The molecule has 1 fully saturated rings. The van der Waals surface area contributed by atoms with Gasteiger partial charge in [-0.25, -0.2) is 4.79 Å². The fourth-order valence-electron chi connectivity index (χ4n) is 9.83. The summed E-state index contributed by atoms with van der Waals surface area (Å²) < 4.78 is 0. The van der Waals surface area contributed by atoms with Crippen molar-refractivity contribution >= 4 is 99.9 Å². The first-order chi connectivity index (χ1) is 44.4. The number of aliphatic hydroxyl groups excluding tert-OH is 1. The number of aliphatic carboxylic acids is 3. The number of likely N-dealkylation sites (tertiary alicyclic amines) is 1. The summed E-state index contributed by atoms with van der Waals surface area (Å²) in [4.78, 5) is 177. The highest BCUT2D eigenvalue weighted by Crippen LogP contribution is 2.22. The molecule has 3 aromatic rings. The Bertz CT molecular complexity index is 3260. The van der Waals surface area contributed by atoms with Crippen LogP contribution in [0.2, 0.25) is 0 Å². The van der Waals surface area contributed by atoms with E-state index in [1.807, 2.05) is 0 Å². The first kappa shape index (κ1) is 75.6. The molecule has 1 saturated heterocycles. The maximum Gasteiger partial charge on any atom is 0.326 e.